The monoisotopic (exact) mass is 210 g/mol. The third-order valence-electron chi connectivity index (χ3n) is 2.84. The van der Waals surface area contributed by atoms with Gasteiger partial charge in [0, 0.05) is 11.1 Å². The molecule has 0 saturated carbocycles. The lowest BCUT2D eigenvalue weighted by molar-refractivity contribution is -0.109. The molecule has 1 aliphatic heterocycles. The topological polar surface area (TPSA) is 55.5 Å². The van der Waals surface area contributed by atoms with Gasteiger partial charge < -0.3 is 10.5 Å². The molecular formula is C13H10N2O. The summed E-state index contributed by atoms with van der Waals surface area (Å²) in [6.45, 7) is 0. The Morgan fingerprint density at radius 2 is 2.12 bits per heavy atom. The summed E-state index contributed by atoms with van der Waals surface area (Å²) in [5, 5.41) is 0. The second-order valence-corrected chi connectivity index (χ2v) is 4.02. The van der Waals surface area contributed by atoms with Crippen LogP contribution in [0.5, 0.6) is 0 Å². The molecule has 1 heterocycles. The van der Waals surface area contributed by atoms with E-state index in [0.717, 1.165) is 28.8 Å². The van der Waals surface area contributed by atoms with Gasteiger partial charge in [-0.1, -0.05) is 24.3 Å². The number of allylic oxidation sites excluding steroid dienone is 2. The third kappa shape index (κ3) is 1.19. The zero-order valence-corrected chi connectivity index (χ0v) is 8.55. The van der Waals surface area contributed by atoms with Crippen molar-refractivity contribution in [2.75, 3.05) is 0 Å². The second kappa shape index (κ2) is 3.00. The van der Waals surface area contributed by atoms with Gasteiger partial charge in [0.1, 0.15) is 11.8 Å². The van der Waals surface area contributed by atoms with Gasteiger partial charge in [-0.3, -0.25) is 0 Å². The molecule has 0 amide bonds. The van der Waals surface area contributed by atoms with Crippen molar-refractivity contribution >= 4 is 23.3 Å². The van der Waals surface area contributed by atoms with E-state index in [1.807, 2.05) is 30.3 Å². The van der Waals surface area contributed by atoms with Crippen LogP contribution in [0.1, 0.15) is 5.56 Å². The summed E-state index contributed by atoms with van der Waals surface area (Å²) in [6.07, 6.45) is 6.00. The molecule has 2 aliphatic rings. The quantitative estimate of drug-likeness (QED) is 0.716. The van der Waals surface area contributed by atoms with Crippen LogP contribution in [0.2, 0.25) is 0 Å². The SMILES string of the molecule is NC1(C=O)C=CC2=Nc3ccccc3C2=C1. The molecule has 1 unspecified atom stereocenters. The molecule has 0 aromatic heterocycles. The van der Waals surface area contributed by atoms with Crippen LogP contribution in [-0.4, -0.2) is 17.5 Å². The molecule has 0 radical (unpaired) electrons. The first-order valence-corrected chi connectivity index (χ1v) is 5.08. The lowest BCUT2D eigenvalue weighted by Gasteiger charge is -2.19. The van der Waals surface area contributed by atoms with Gasteiger partial charge in [0.05, 0.1) is 11.4 Å². The predicted octanol–water partition coefficient (Wildman–Crippen LogP) is 1.62. The van der Waals surface area contributed by atoms with Gasteiger partial charge in [-0.25, -0.2) is 4.99 Å². The van der Waals surface area contributed by atoms with Crippen LogP contribution in [0.25, 0.3) is 5.57 Å². The van der Waals surface area contributed by atoms with E-state index in [9.17, 15) is 4.79 Å². The molecule has 0 bridgehead atoms. The smallest absolute Gasteiger partial charge is 0.147 e. The molecule has 1 aliphatic carbocycles. The first kappa shape index (κ1) is 9.24. The molecule has 3 rings (SSSR count). The zero-order chi connectivity index (χ0) is 11.2. The third-order valence-corrected chi connectivity index (χ3v) is 2.84. The van der Waals surface area contributed by atoms with Gasteiger partial charge in [-0.2, -0.15) is 0 Å². The van der Waals surface area contributed by atoms with Crippen LogP contribution in [0.15, 0.2) is 47.5 Å². The molecule has 0 spiro atoms. The fourth-order valence-electron chi connectivity index (χ4n) is 2.00. The van der Waals surface area contributed by atoms with Crippen molar-refractivity contribution in [3.05, 3.63) is 48.1 Å². The van der Waals surface area contributed by atoms with Crippen LogP contribution < -0.4 is 5.73 Å². The standard InChI is InChI=1S/C13H10N2O/c14-13(8-16)6-5-12-10(7-13)9-3-1-2-4-11(9)15-12/h1-8H,14H2. The number of hydrogen-bond acceptors (Lipinski definition) is 3. The first-order chi connectivity index (χ1) is 7.72. The highest BCUT2D eigenvalue weighted by Gasteiger charge is 2.28. The Hall–Kier alpha value is -2.00. The maximum Gasteiger partial charge on any atom is 0.147 e. The zero-order valence-electron chi connectivity index (χ0n) is 8.55. The Kier molecular flexibility index (Phi) is 1.73. The maximum absolute atomic E-state index is 10.9. The van der Waals surface area contributed by atoms with Crippen LogP contribution in [0.4, 0.5) is 5.69 Å². The Bertz CT molecular complexity index is 569. The average molecular weight is 210 g/mol. The minimum atomic E-state index is -0.994. The first-order valence-electron chi connectivity index (χ1n) is 5.08. The number of fused-ring (bicyclic) bond motifs is 3. The van der Waals surface area contributed by atoms with Gasteiger partial charge in [-0.05, 0) is 18.2 Å². The summed E-state index contributed by atoms with van der Waals surface area (Å²) in [7, 11) is 0. The minimum absolute atomic E-state index is 0.744. The molecule has 1 atom stereocenters. The van der Waals surface area contributed by atoms with Gasteiger partial charge >= 0.3 is 0 Å². The number of rotatable bonds is 1. The largest absolute Gasteiger partial charge is 0.313 e. The molecule has 3 nitrogen and oxygen atoms in total. The number of hydrogen-bond donors (Lipinski definition) is 1. The molecule has 0 fully saturated rings. The number of benzene rings is 1. The van der Waals surface area contributed by atoms with E-state index in [4.69, 9.17) is 5.73 Å². The van der Waals surface area contributed by atoms with Crippen molar-refractivity contribution in [3.8, 4) is 0 Å². The van der Waals surface area contributed by atoms with E-state index in [1.54, 1.807) is 12.2 Å². The Labute approximate surface area is 93.0 Å². The van der Waals surface area contributed by atoms with Crippen LogP contribution in [0, 0.1) is 0 Å². The molecule has 0 saturated heterocycles. The molecule has 3 heteroatoms. The van der Waals surface area contributed by atoms with Crippen molar-refractivity contribution in [2.24, 2.45) is 10.7 Å². The summed E-state index contributed by atoms with van der Waals surface area (Å²) in [5.74, 6) is 0. The number of carbonyl (C=O) groups is 1. The number of para-hydroxylation sites is 1. The maximum atomic E-state index is 10.9. The van der Waals surface area contributed by atoms with Crippen molar-refractivity contribution in [3.63, 3.8) is 0 Å². The second-order valence-electron chi connectivity index (χ2n) is 4.02. The van der Waals surface area contributed by atoms with Crippen molar-refractivity contribution in [1.29, 1.82) is 0 Å². The van der Waals surface area contributed by atoms with E-state index >= 15 is 0 Å². The molecule has 2 N–H and O–H groups in total. The van der Waals surface area contributed by atoms with E-state index in [-0.39, 0.29) is 0 Å². The number of aliphatic imine (C=N–C) groups is 1. The average Bonchev–Trinajstić information content (AvgIpc) is 2.67. The summed E-state index contributed by atoms with van der Waals surface area (Å²) in [5.41, 5.74) is 8.70. The Morgan fingerprint density at radius 3 is 2.94 bits per heavy atom. The minimum Gasteiger partial charge on any atom is -0.313 e. The molecule has 78 valence electrons. The predicted molar refractivity (Wildman–Crippen MR) is 63.6 cm³/mol. The van der Waals surface area contributed by atoms with Crippen LogP contribution in [0.3, 0.4) is 0 Å². The van der Waals surface area contributed by atoms with E-state index in [2.05, 4.69) is 4.99 Å². The summed E-state index contributed by atoms with van der Waals surface area (Å²) in [4.78, 5) is 15.4. The summed E-state index contributed by atoms with van der Waals surface area (Å²) in [6, 6.07) is 7.84. The molecule has 16 heavy (non-hydrogen) atoms. The molecule has 1 aromatic rings. The summed E-state index contributed by atoms with van der Waals surface area (Å²) < 4.78 is 0. The lowest BCUT2D eigenvalue weighted by atomic mass is 9.88. The fourth-order valence-corrected chi connectivity index (χ4v) is 2.00. The van der Waals surface area contributed by atoms with Crippen molar-refractivity contribution < 1.29 is 4.79 Å². The van der Waals surface area contributed by atoms with Crippen molar-refractivity contribution in [1.82, 2.24) is 0 Å². The van der Waals surface area contributed by atoms with Gasteiger partial charge in [-0.15, -0.1) is 0 Å². The Balaban J connectivity index is 2.21. The van der Waals surface area contributed by atoms with Crippen molar-refractivity contribution in [2.45, 2.75) is 5.54 Å². The number of carbonyl (C=O) groups excluding carboxylic acids is 1. The van der Waals surface area contributed by atoms with E-state index in [0.29, 0.717) is 0 Å². The van der Waals surface area contributed by atoms with Crippen LogP contribution >= 0.6 is 0 Å². The normalized spacial score (nSPS) is 25.6. The van der Waals surface area contributed by atoms with E-state index < -0.39 is 5.54 Å². The number of aldehydes is 1. The summed E-state index contributed by atoms with van der Waals surface area (Å²) >= 11 is 0. The highest BCUT2D eigenvalue weighted by molar-refractivity contribution is 6.35. The van der Waals surface area contributed by atoms with E-state index in [1.165, 1.54) is 0 Å². The van der Waals surface area contributed by atoms with Crippen LogP contribution in [-0.2, 0) is 4.79 Å². The molecular weight excluding hydrogens is 200 g/mol. The highest BCUT2D eigenvalue weighted by atomic mass is 16.1. The molecule has 1 aromatic carbocycles. The number of nitrogens with two attached hydrogens (primary N) is 1. The lowest BCUT2D eigenvalue weighted by Crippen LogP contribution is -2.39. The Morgan fingerprint density at radius 1 is 1.31 bits per heavy atom. The fraction of sp³-hybridized carbons (Fsp3) is 0.0769. The van der Waals surface area contributed by atoms with Gasteiger partial charge in [0.25, 0.3) is 0 Å². The number of nitrogens with zero attached hydrogens (tertiary/aromatic N) is 1. The highest BCUT2D eigenvalue weighted by Crippen LogP contribution is 2.37. The van der Waals surface area contributed by atoms with Gasteiger partial charge in [0.15, 0.2) is 0 Å². The van der Waals surface area contributed by atoms with Gasteiger partial charge in [0.2, 0.25) is 0 Å².